The number of primary amides is 1. The van der Waals surface area contributed by atoms with Crippen molar-refractivity contribution in [2.75, 3.05) is 24.2 Å². The number of amides is 1. The first-order valence-electron chi connectivity index (χ1n) is 4.87. The van der Waals surface area contributed by atoms with Gasteiger partial charge in [0.1, 0.15) is 0 Å². The molecule has 0 spiro atoms. The van der Waals surface area contributed by atoms with Gasteiger partial charge >= 0.3 is 0 Å². The third-order valence-corrected chi connectivity index (χ3v) is 2.38. The Morgan fingerprint density at radius 3 is 2.60 bits per heavy atom. The highest BCUT2D eigenvalue weighted by Crippen LogP contribution is 2.21. The van der Waals surface area contributed by atoms with E-state index in [0.29, 0.717) is 12.2 Å². The maximum Gasteiger partial charge on any atom is 0.222 e. The third kappa shape index (κ3) is 2.87. The van der Waals surface area contributed by atoms with Crippen molar-refractivity contribution in [2.24, 2.45) is 11.7 Å². The number of carbonyl (C=O) groups excluding carboxylic acids is 1. The number of hydrogen-bond donors (Lipinski definition) is 2. The fourth-order valence-corrected chi connectivity index (χ4v) is 1.43. The molecule has 15 heavy (non-hydrogen) atoms. The predicted octanol–water partition coefficient (Wildman–Crippen LogP) is 0.826. The minimum Gasteiger partial charge on any atom is -0.397 e. The van der Waals surface area contributed by atoms with Gasteiger partial charge in [0.2, 0.25) is 5.91 Å². The number of benzene rings is 1. The molecule has 4 N–H and O–H groups in total. The summed E-state index contributed by atoms with van der Waals surface area (Å²) in [5.74, 6) is -0.481. The van der Waals surface area contributed by atoms with Crippen LogP contribution in [0.1, 0.15) is 6.92 Å². The summed E-state index contributed by atoms with van der Waals surface area (Å²) in [6.07, 6.45) is 0. The van der Waals surface area contributed by atoms with E-state index in [4.69, 9.17) is 11.5 Å². The molecule has 4 heteroatoms. The monoisotopic (exact) mass is 207 g/mol. The Bertz CT molecular complexity index is 351. The second-order valence-corrected chi connectivity index (χ2v) is 3.74. The van der Waals surface area contributed by atoms with Crippen LogP contribution in [-0.4, -0.2) is 19.5 Å². The lowest BCUT2D eigenvalue weighted by Gasteiger charge is -2.23. The second-order valence-electron chi connectivity index (χ2n) is 3.74. The Labute approximate surface area is 89.9 Å². The van der Waals surface area contributed by atoms with Crippen LogP contribution in [-0.2, 0) is 4.79 Å². The SMILES string of the molecule is CC(CN(C)c1ccccc1N)C(N)=O. The summed E-state index contributed by atoms with van der Waals surface area (Å²) in [4.78, 5) is 12.9. The molecule has 1 atom stereocenters. The minimum atomic E-state index is -0.295. The lowest BCUT2D eigenvalue weighted by Crippen LogP contribution is -2.32. The zero-order valence-electron chi connectivity index (χ0n) is 9.10. The van der Waals surface area contributed by atoms with E-state index in [1.54, 1.807) is 6.92 Å². The maximum absolute atomic E-state index is 10.9. The molecule has 0 heterocycles. The van der Waals surface area contributed by atoms with Gasteiger partial charge in [-0.1, -0.05) is 19.1 Å². The molecular weight excluding hydrogens is 190 g/mol. The average Bonchev–Trinajstić information content (AvgIpc) is 2.18. The molecule has 1 aromatic rings. The highest BCUT2D eigenvalue weighted by Gasteiger charge is 2.13. The number of anilines is 2. The smallest absolute Gasteiger partial charge is 0.222 e. The van der Waals surface area contributed by atoms with E-state index in [1.807, 2.05) is 36.2 Å². The molecule has 0 aliphatic carbocycles. The van der Waals surface area contributed by atoms with Gasteiger partial charge in [-0.05, 0) is 12.1 Å². The van der Waals surface area contributed by atoms with Crippen molar-refractivity contribution in [2.45, 2.75) is 6.92 Å². The summed E-state index contributed by atoms with van der Waals surface area (Å²) in [7, 11) is 1.89. The van der Waals surface area contributed by atoms with Crippen LogP contribution in [0.15, 0.2) is 24.3 Å². The Hall–Kier alpha value is -1.71. The molecule has 0 bridgehead atoms. The highest BCUT2D eigenvalue weighted by atomic mass is 16.1. The highest BCUT2D eigenvalue weighted by molar-refractivity contribution is 5.77. The quantitative estimate of drug-likeness (QED) is 0.718. The van der Waals surface area contributed by atoms with E-state index in [9.17, 15) is 4.79 Å². The number of para-hydroxylation sites is 2. The van der Waals surface area contributed by atoms with Crippen molar-refractivity contribution in [1.29, 1.82) is 0 Å². The fourth-order valence-electron chi connectivity index (χ4n) is 1.43. The molecular formula is C11H17N3O. The van der Waals surface area contributed by atoms with Crippen molar-refractivity contribution in [1.82, 2.24) is 0 Å². The molecule has 0 radical (unpaired) electrons. The van der Waals surface area contributed by atoms with Crippen LogP contribution in [0.25, 0.3) is 0 Å². The van der Waals surface area contributed by atoms with Crippen molar-refractivity contribution in [3.8, 4) is 0 Å². The van der Waals surface area contributed by atoms with Crippen LogP contribution in [0, 0.1) is 5.92 Å². The molecule has 4 nitrogen and oxygen atoms in total. The largest absolute Gasteiger partial charge is 0.397 e. The number of nitrogens with two attached hydrogens (primary N) is 2. The number of nitrogen functional groups attached to an aromatic ring is 1. The summed E-state index contributed by atoms with van der Waals surface area (Å²) in [5, 5.41) is 0. The van der Waals surface area contributed by atoms with Gasteiger partial charge in [0.05, 0.1) is 17.3 Å². The molecule has 0 aliphatic heterocycles. The summed E-state index contributed by atoms with van der Waals surface area (Å²) in [6, 6.07) is 7.55. The van der Waals surface area contributed by atoms with Gasteiger partial charge < -0.3 is 16.4 Å². The maximum atomic E-state index is 10.9. The van der Waals surface area contributed by atoms with Gasteiger partial charge in [-0.3, -0.25) is 4.79 Å². The minimum absolute atomic E-state index is 0.186. The molecule has 0 saturated carbocycles. The van der Waals surface area contributed by atoms with Gasteiger partial charge in [0.15, 0.2) is 0 Å². The zero-order chi connectivity index (χ0) is 11.4. The van der Waals surface area contributed by atoms with Crippen LogP contribution in [0.2, 0.25) is 0 Å². The fraction of sp³-hybridized carbons (Fsp3) is 0.364. The van der Waals surface area contributed by atoms with E-state index in [2.05, 4.69) is 0 Å². The molecule has 82 valence electrons. The number of carbonyl (C=O) groups is 1. The van der Waals surface area contributed by atoms with E-state index >= 15 is 0 Å². The van der Waals surface area contributed by atoms with Crippen LogP contribution in [0.3, 0.4) is 0 Å². The molecule has 1 unspecified atom stereocenters. The summed E-state index contributed by atoms with van der Waals surface area (Å²) in [5.41, 5.74) is 12.6. The molecule has 0 aromatic heterocycles. The summed E-state index contributed by atoms with van der Waals surface area (Å²) >= 11 is 0. The van der Waals surface area contributed by atoms with Crippen LogP contribution >= 0.6 is 0 Å². The third-order valence-electron chi connectivity index (χ3n) is 2.38. The molecule has 0 fully saturated rings. The average molecular weight is 207 g/mol. The van der Waals surface area contributed by atoms with Gasteiger partial charge in [-0.2, -0.15) is 0 Å². The van der Waals surface area contributed by atoms with Gasteiger partial charge in [-0.15, -0.1) is 0 Å². The molecule has 0 saturated heterocycles. The lowest BCUT2D eigenvalue weighted by molar-refractivity contribution is -0.121. The van der Waals surface area contributed by atoms with E-state index < -0.39 is 0 Å². The van der Waals surface area contributed by atoms with Gasteiger partial charge in [0.25, 0.3) is 0 Å². The Morgan fingerprint density at radius 1 is 1.47 bits per heavy atom. The topological polar surface area (TPSA) is 72.3 Å². The molecule has 0 aliphatic rings. The molecule has 1 aromatic carbocycles. The number of hydrogen-bond acceptors (Lipinski definition) is 3. The van der Waals surface area contributed by atoms with Crippen molar-refractivity contribution >= 4 is 17.3 Å². The van der Waals surface area contributed by atoms with Gasteiger partial charge in [0, 0.05) is 13.6 Å². The standard InChI is InChI=1S/C11H17N3O/c1-8(11(13)15)7-14(2)10-6-4-3-5-9(10)12/h3-6,8H,7,12H2,1-2H3,(H2,13,15). The van der Waals surface area contributed by atoms with E-state index in [0.717, 1.165) is 5.69 Å². The van der Waals surface area contributed by atoms with Crippen molar-refractivity contribution in [3.63, 3.8) is 0 Å². The van der Waals surface area contributed by atoms with Crippen LogP contribution < -0.4 is 16.4 Å². The predicted molar refractivity (Wildman–Crippen MR) is 62.5 cm³/mol. The summed E-state index contributed by atoms with van der Waals surface area (Å²) in [6.45, 7) is 2.38. The normalized spacial score (nSPS) is 12.1. The summed E-state index contributed by atoms with van der Waals surface area (Å²) < 4.78 is 0. The number of rotatable bonds is 4. The molecule has 1 rings (SSSR count). The van der Waals surface area contributed by atoms with Crippen molar-refractivity contribution < 1.29 is 4.79 Å². The lowest BCUT2D eigenvalue weighted by atomic mass is 10.1. The first-order chi connectivity index (χ1) is 7.02. The Balaban J connectivity index is 2.73. The van der Waals surface area contributed by atoms with Crippen LogP contribution in [0.5, 0.6) is 0 Å². The zero-order valence-corrected chi connectivity index (χ0v) is 9.10. The van der Waals surface area contributed by atoms with Crippen LogP contribution in [0.4, 0.5) is 11.4 Å². The first-order valence-corrected chi connectivity index (χ1v) is 4.87. The van der Waals surface area contributed by atoms with Gasteiger partial charge in [-0.25, -0.2) is 0 Å². The van der Waals surface area contributed by atoms with E-state index in [-0.39, 0.29) is 11.8 Å². The molecule has 1 amide bonds. The van der Waals surface area contributed by atoms with E-state index in [1.165, 1.54) is 0 Å². The van der Waals surface area contributed by atoms with Crippen molar-refractivity contribution in [3.05, 3.63) is 24.3 Å². The second kappa shape index (κ2) is 4.68. The Morgan fingerprint density at radius 2 is 2.07 bits per heavy atom. The Kier molecular flexibility index (Phi) is 3.55. The first kappa shape index (κ1) is 11.4. The number of nitrogens with zero attached hydrogens (tertiary/aromatic N) is 1.